The minimum Gasteiger partial charge on any atom is -0.456 e. The lowest BCUT2D eigenvalue weighted by Crippen LogP contribution is -2.30. The van der Waals surface area contributed by atoms with E-state index >= 15 is 4.39 Å². The number of benzene rings is 1. The van der Waals surface area contributed by atoms with Gasteiger partial charge in [-0.25, -0.2) is 33.8 Å². The van der Waals surface area contributed by atoms with Gasteiger partial charge in [0.15, 0.2) is 23.1 Å². The molecule has 1 aliphatic rings. The molecule has 0 bridgehead atoms. The third-order valence-electron chi connectivity index (χ3n) is 6.13. The number of hydrogen-bond acceptors (Lipinski definition) is 9. The van der Waals surface area contributed by atoms with Gasteiger partial charge in [-0.15, -0.1) is 12.4 Å². The Labute approximate surface area is 230 Å². The highest BCUT2D eigenvalue weighted by Gasteiger charge is 2.39. The summed E-state index contributed by atoms with van der Waals surface area (Å²) in [6.07, 6.45) is 3.04. The first kappa shape index (κ1) is 27.1. The first-order valence-electron chi connectivity index (χ1n) is 11.8. The molecule has 1 aliphatic heterocycles. The Morgan fingerprint density at radius 3 is 2.75 bits per heavy atom. The monoisotopic (exact) mass is 573 g/mol. The van der Waals surface area contributed by atoms with Gasteiger partial charge in [0.1, 0.15) is 40.8 Å². The highest BCUT2D eigenvalue weighted by atomic mass is 35.5. The second kappa shape index (κ2) is 10.6. The third kappa shape index (κ3) is 5.22. The van der Waals surface area contributed by atoms with Crippen LogP contribution in [0.5, 0.6) is 11.5 Å². The van der Waals surface area contributed by atoms with E-state index in [1.54, 1.807) is 0 Å². The fraction of sp³-hybridized carbons (Fsp3) is 0.200. The van der Waals surface area contributed by atoms with Gasteiger partial charge in [0.2, 0.25) is 0 Å². The lowest BCUT2D eigenvalue weighted by molar-refractivity contribution is -0.140. The third-order valence-corrected chi connectivity index (χ3v) is 6.13. The summed E-state index contributed by atoms with van der Waals surface area (Å²) < 4.78 is 64.4. The zero-order valence-electron chi connectivity index (χ0n) is 20.6. The number of nitrogens with zero attached hydrogens (tertiary/aromatic N) is 7. The van der Waals surface area contributed by atoms with Gasteiger partial charge in [-0.1, -0.05) is 6.08 Å². The molecule has 6 rings (SSSR count). The summed E-state index contributed by atoms with van der Waals surface area (Å²) in [7, 11) is 0. The van der Waals surface area contributed by atoms with Gasteiger partial charge in [-0.05, 0) is 37.1 Å². The van der Waals surface area contributed by atoms with Crippen LogP contribution in [0.15, 0.2) is 55.4 Å². The molecule has 40 heavy (non-hydrogen) atoms. The molecule has 0 fully saturated rings. The zero-order chi connectivity index (χ0) is 27.1. The van der Waals surface area contributed by atoms with Gasteiger partial charge >= 0.3 is 6.18 Å². The Balaban J connectivity index is 0.00000323. The number of fused-ring (bicyclic) bond motifs is 2. The van der Waals surface area contributed by atoms with Crippen LogP contribution in [0.25, 0.3) is 22.3 Å². The summed E-state index contributed by atoms with van der Waals surface area (Å²) in [5, 5.41) is 9.87. The summed E-state index contributed by atoms with van der Waals surface area (Å²) in [5.41, 5.74) is -0.182. The molecule has 0 aliphatic carbocycles. The molecule has 206 valence electrons. The SMILES string of the molecule is C[C@H]1CC(c2ncc3ncnc(Nc4ccc(Oc5ccn6ncnc6c5)c(C(F)(F)F)c4F)c3n2)=CCN1.Cl. The highest BCUT2D eigenvalue weighted by molar-refractivity contribution is 5.87. The van der Waals surface area contributed by atoms with Crippen LogP contribution in [0.2, 0.25) is 0 Å². The molecule has 0 saturated heterocycles. The average molecular weight is 574 g/mol. The van der Waals surface area contributed by atoms with E-state index in [2.05, 4.69) is 40.7 Å². The molecule has 0 amide bonds. The lowest BCUT2D eigenvalue weighted by atomic mass is 10.0. The first-order chi connectivity index (χ1) is 18.8. The largest absolute Gasteiger partial charge is 0.456 e. The van der Waals surface area contributed by atoms with E-state index in [9.17, 15) is 13.2 Å². The quantitative estimate of drug-likeness (QED) is 0.269. The predicted molar refractivity (Wildman–Crippen MR) is 140 cm³/mol. The molecule has 0 spiro atoms. The number of hydrogen-bond donors (Lipinski definition) is 2. The summed E-state index contributed by atoms with van der Waals surface area (Å²) in [6.45, 7) is 2.69. The minimum absolute atomic E-state index is 0. The fourth-order valence-corrected chi connectivity index (χ4v) is 4.27. The molecular weight excluding hydrogens is 554 g/mol. The number of alkyl halides is 3. The van der Waals surface area contributed by atoms with Gasteiger partial charge in [0.25, 0.3) is 0 Å². The molecule has 0 radical (unpaired) electrons. The molecule has 5 heterocycles. The second-order valence-electron chi connectivity index (χ2n) is 8.84. The fourth-order valence-electron chi connectivity index (χ4n) is 4.27. The molecule has 4 aromatic heterocycles. The number of rotatable bonds is 5. The van der Waals surface area contributed by atoms with Crippen LogP contribution in [0.3, 0.4) is 0 Å². The van der Waals surface area contributed by atoms with Crippen LogP contribution >= 0.6 is 12.4 Å². The summed E-state index contributed by atoms with van der Waals surface area (Å²) in [6, 6.07) is 5.19. The maximum Gasteiger partial charge on any atom is 0.422 e. The molecule has 0 saturated carbocycles. The van der Waals surface area contributed by atoms with Crippen molar-refractivity contribution < 1.29 is 22.3 Å². The maximum atomic E-state index is 15.5. The van der Waals surface area contributed by atoms with Crippen LogP contribution in [0.4, 0.5) is 29.1 Å². The van der Waals surface area contributed by atoms with Crippen LogP contribution < -0.4 is 15.4 Å². The van der Waals surface area contributed by atoms with Crippen molar-refractivity contribution in [3.8, 4) is 11.5 Å². The second-order valence-corrected chi connectivity index (χ2v) is 8.84. The van der Waals surface area contributed by atoms with E-state index in [1.807, 2.05) is 13.0 Å². The van der Waals surface area contributed by atoms with E-state index in [0.717, 1.165) is 17.7 Å². The minimum atomic E-state index is -5.06. The Kier molecular flexibility index (Phi) is 7.21. The Hall–Kier alpha value is -4.43. The van der Waals surface area contributed by atoms with Gasteiger partial charge in [0, 0.05) is 24.8 Å². The van der Waals surface area contributed by atoms with Gasteiger partial charge in [-0.3, -0.25) is 0 Å². The zero-order valence-corrected chi connectivity index (χ0v) is 21.5. The van der Waals surface area contributed by atoms with Crippen molar-refractivity contribution in [3.05, 3.63) is 72.6 Å². The van der Waals surface area contributed by atoms with Crippen molar-refractivity contribution in [2.24, 2.45) is 0 Å². The Morgan fingerprint density at radius 1 is 1.10 bits per heavy atom. The first-order valence-corrected chi connectivity index (χ1v) is 11.8. The molecule has 5 aromatic rings. The number of aromatic nitrogens is 7. The van der Waals surface area contributed by atoms with E-state index < -0.39 is 29.0 Å². The number of anilines is 2. The summed E-state index contributed by atoms with van der Waals surface area (Å²) in [5.74, 6) is -1.76. The van der Waals surface area contributed by atoms with Crippen LogP contribution in [0.1, 0.15) is 24.7 Å². The number of nitrogens with one attached hydrogen (secondary N) is 2. The van der Waals surface area contributed by atoms with E-state index in [-0.39, 0.29) is 35.5 Å². The normalized spacial score (nSPS) is 15.5. The Bertz CT molecular complexity index is 1740. The summed E-state index contributed by atoms with van der Waals surface area (Å²) >= 11 is 0. The van der Waals surface area contributed by atoms with E-state index in [1.165, 1.54) is 41.7 Å². The van der Waals surface area contributed by atoms with Crippen molar-refractivity contribution in [3.63, 3.8) is 0 Å². The molecule has 0 unspecified atom stereocenters. The summed E-state index contributed by atoms with van der Waals surface area (Å²) in [4.78, 5) is 21.1. The van der Waals surface area contributed by atoms with E-state index in [4.69, 9.17) is 4.74 Å². The topological polar surface area (TPSA) is 115 Å². The molecule has 2 N–H and O–H groups in total. The molecular formula is C25H20ClF4N9O. The highest BCUT2D eigenvalue weighted by Crippen LogP contribution is 2.43. The van der Waals surface area contributed by atoms with Crippen molar-refractivity contribution >= 4 is 46.2 Å². The van der Waals surface area contributed by atoms with Crippen molar-refractivity contribution in [1.29, 1.82) is 0 Å². The Morgan fingerprint density at radius 2 is 1.95 bits per heavy atom. The van der Waals surface area contributed by atoms with Crippen LogP contribution in [-0.4, -0.2) is 47.1 Å². The van der Waals surface area contributed by atoms with Gasteiger partial charge in [0.05, 0.1) is 11.9 Å². The van der Waals surface area contributed by atoms with Crippen LogP contribution in [0, 0.1) is 5.82 Å². The molecule has 10 nitrogen and oxygen atoms in total. The molecule has 15 heteroatoms. The average Bonchev–Trinajstić information content (AvgIpc) is 3.37. The maximum absolute atomic E-state index is 15.5. The van der Waals surface area contributed by atoms with Crippen molar-refractivity contribution in [2.75, 3.05) is 11.9 Å². The van der Waals surface area contributed by atoms with Gasteiger partial charge in [-0.2, -0.15) is 18.3 Å². The predicted octanol–water partition coefficient (Wildman–Crippen LogP) is 5.34. The van der Waals surface area contributed by atoms with E-state index in [0.29, 0.717) is 30.0 Å². The number of ether oxygens (including phenoxy) is 1. The van der Waals surface area contributed by atoms with Crippen molar-refractivity contribution in [2.45, 2.75) is 25.6 Å². The number of pyridine rings is 1. The van der Waals surface area contributed by atoms with Crippen molar-refractivity contribution in [1.82, 2.24) is 39.9 Å². The standard InChI is InChI=1S/C25H19F4N9O.ClH/c1-13-8-14(4-6-30-13)23-31-10-17-22(37-23)24(34-11-32-17)36-16-2-3-18(20(21(16)26)25(27,28)29)39-15-5-7-38-19(9-15)33-12-35-38;/h2-5,7,9-13,30H,6,8H2,1H3,(H,32,34,36);1H/t13-;/m0./s1. The smallest absolute Gasteiger partial charge is 0.422 e. The van der Waals surface area contributed by atoms with Gasteiger partial charge < -0.3 is 15.4 Å². The number of halogens is 5. The van der Waals surface area contributed by atoms with Crippen LogP contribution in [-0.2, 0) is 6.18 Å². The molecule has 1 atom stereocenters. The lowest BCUT2D eigenvalue weighted by Gasteiger charge is -2.20. The molecule has 1 aromatic carbocycles.